The number of benzene rings is 1. The number of ether oxygens (including phenoxy) is 1. The van der Waals surface area contributed by atoms with Crippen LogP contribution < -0.4 is 10.5 Å². The Hall–Kier alpha value is -2.76. The van der Waals surface area contributed by atoms with Crippen LogP contribution >= 0.6 is 0 Å². The summed E-state index contributed by atoms with van der Waals surface area (Å²) in [6.07, 6.45) is 3.97. The molecule has 0 saturated carbocycles. The van der Waals surface area contributed by atoms with Crippen LogP contribution in [0.5, 0.6) is 0 Å². The molecule has 3 heterocycles. The van der Waals surface area contributed by atoms with E-state index in [1.54, 1.807) is 0 Å². The van der Waals surface area contributed by atoms with Crippen molar-refractivity contribution < 1.29 is 19.1 Å². The molecule has 1 aromatic carbocycles. The van der Waals surface area contributed by atoms with Gasteiger partial charge in [-0.25, -0.2) is 9.59 Å². The molecular weight excluding hydrogens is 334 g/mol. The number of nitrogens with zero attached hydrogens (tertiary/aromatic N) is 1. The Balaban J connectivity index is 1.86. The van der Waals surface area contributed by atoms with Crippen LogP contribution in [-0.2, 0) is 28.8 Å². The van der Waals surface area contributed by atoms with Gasteiger partial charge in [-0.1, -0.05) is 0 Å². The fourth-order valence-electron chi connectivity index (χ4n) is 4.69. The number of methoxy groups -OCH3 is 1. The first-order valence-electron chi connectivity index (χ1n) is 9.00. The summed E-state index contributed by atoms with van der Waals surface area (Å²) in [5.74, 6) is -0.767. The fraction of sp³-hybridized carbons (Fsp3) is 0.400. The summed E-state index contributed by atoms with van der Waals surface area (Å²) >= 11 is 0. The van der Waals surface area contributed by atoms with Gasteiger partial charge in [-0.2, -0.15) is 0 Å². The quantitative estimate of drug-likeness (QED) is 0.627. The maximum atomic E-state index is 12.6. The first kappa shape index (κ1) is 15.5. The normalized spacial score (nSPS) is 18.1. The second-order valence-electron chi connectivity index (χ2n) is 7.17. The van der Waals surface area contributed by atoms with Crippen molar-refractivity contribution in [3.8, 4) is 0 Å². The molecule has 0 saturated heterocycles. The van der Waals surface area contributed by atoms with Gasteiger partial charge in [0.25, 0.3) is 0 Å². The minimum absolute atomic E-state index is 0.0463. The summed E-state index contributed by atoms with van der Waals surface area (Å²) in [5.41, 5.74) is 4.46. The molecule has 5 rings (SSSR count). The third-order valence-electron chi connectivity index (χ3n) is 5.79. The first-order valence-corrected chi connectivity index (χ1v) is 9.00. The van der Waals surface area contributed by atoms with E-state index in [0.29, 0.717) is 16.7 Å². The van der Waals surface area contributed by atoms with Gasteiger partial charge in [-0.15, -0.1) is 0 Å². The lowest BCUT2D eigenvalue weighted by molar-refractivity contribution is -0.136. The number of aliphatic hydroxyl groups is 1. The van der Waals surface area contributed by atoms with Gasteiger partial charge in [0.1, 0.15) is 11.3 Å². The summed E-state index contributed by atoms with van der Waals surface area (Å²) in [7, 11) is 1.27. The van der Waals surface area contributed by atoms with Crippen molar-refractivity contribution >= 4 is 28.4 Å². The smallest absolute Gasteiger partial charge is 0.340 e. The number of rotatable bonds is 1. The number of anilines is 1. The zero-order valence-corrected chi connectivity index (χ0v) is 14.6. The second-order valence-corrected chi connectivity index (χ2v) is 7.17. The van der Waals surface area contributed by atoms with Crippen LogP contribution in [0.4, 0.5) is 5.69 Å². The predicted octanol–water partition coefficient (Wildman–Crippen LogP) is 2.49. The minimum atomic E-state index is -0.614. The van der Waals surface area contributed by atoms with Crippen molar-refractivity contribution in [2.45, 2.75) is 32.1 Å². The number of carbonyl (C=O) groups excluding carboxylic acids is 1. The highest BCUT2D eigenvalue weighted by molar-refractivity contribution is 6.05. The third-order valence-corrected chi connectivity index (χ3v) is 5.79. The summed E-state index contributed by atoms with van der Waals surface area (Å²) < 4.78 is 10.5. The van der Waals surface area contributed by atoms with Crippen molar-refractivity contribution in [3.63, 3.8) is 0 Å². The molecule has 3 aliphatic rings. The highest BCUT2D eigenvalue weighted by Crippen LogP contribution is 2.43. The predicted molar refractivity (Wildman–Crippen MR) is 96.6 cm³/mol. The number of esters is 1. The standard InChI is InChI=1S/C20H19NO5/c1-25-19(23)14-9-13-15(17(14)22)12-8-10-4-2-6-21-7-3-5-11(16(10)21)18(12)26-20(13)24/h8,22H,2-7,9H2,1H3. The van der Waals surface area contributed by atoms with Gasteiger partial charge in [0.2, 0.25) is 0 Å². The lowest BCUT2D eigenvalue weighted by atomic mass is 9.88. The van der Waals surface area contributed by atoms with E-state index in [-0.39, 0.29) is 17.8 Å². The Labute approximate surface area is 149 Å². The maximum absolute atomic E-state index is 12.6. The average molecular weight is 353 g/mol. The molecule has 0 unspecified atom stereocenters. The largest absolute Gasteiger partial charge is 0.507 e. The Morgan fingerprint density at radius 3 is 2.77 bits per heavy atom. The van der Waals surface area contributed by atoms with Crippen molar-refractivity contribution in [2.75, 3.05) is 25.1 Å². The Kier molecular flexibility index (Phi) is 3.20. The van der Waals surface area contributed by atoms with E-state index >= 15 is 0 Å². The molecule has 0 amide bonds. The number of hydrogen-bond acceptors (Lipinski definition) is 6. The average Bonchev–Trinajstić information content (AvgIpc) is 3.01. The Morgan fingerprint density at radius 1 is 1.23 bits per heavy atom. The lowest BCUT2D eigenvalue weighted by Gasteiger charge is -2.37. The zero-order valence-electron chi connectivity index (χ0n) is 14.6. The molecule has 1 aromatic heterocycles. The SMILES string of the molecule is COC(=O)C1=C(O)c2c(c(=O)oc3c4c5c(cc23)CCCN5CCC4)C1. The summed E-state index contributed by atoms with van der Waals surface area (Å²) in [6, 6.07) is 2.03. The summed E-state index contributed by atoms with van der Waals surface area (Å²) in [4.78, 5) is 26.9. The van der Waals surface area contributed by atoms with Crippen molar-refractivity contribution in [1.29, 1.82) is 0 Å². The molecule has 1 N–H and O–H groups in total. The van der Waals surface area contributed by atoms with Crippen LogP contribution in [-0.4, -0.2) is 31.3 Å². The van der Waals surface area contributed by atoms with Crippen LogP contribution in [0.15, 0.2) is 20.9 Å². The zero-order chi connectivity index (χ0) is 18.0. The monoisotopic (exact) mass is 353 g/mol. The van der Waals surface area contributed by atoms with Gasteiger partial charge in [-0.05, 0) is 37.3 Å². The number of carbonyl (C=O) groups is 1. The molecule has 0 atom stereocenters. The fourth-order valence-corrected chi connectivity index (χ4v) is 4.69. The van der Waals surface area contributed by atoms with Crippen LogP contribution in [0.1, 0.15) is 35.1 Å². The van der Waals surface area contributed by atoms with Gasteiger partial charge in [0.15, 0.2) is 0 Å². The van der Waals surface area contributed by atoms with Crippen molar-refractivity contribution in [3.05, 3.63) is 44.3 Å². The van der Waals surface area contributed by atoms with E-state index in [1.165, 1.54) is 18.4 Å². The van der Waals surface area contributed by atoms with Gasteiger partial charge in [-0.3, -0.25) is 0 Å². The van der Waals surface area contributed by atoms with E-state index in [1.807, 2.05) is 6.07 Å². The lowest BCUT2D eigenvalue weighted by Crippen LogP contribution is -2.34. The van der Waals surface area contributed by atoms with E-state index in [0.717, 1.165) is 49.7 Å². The molecule has 0 fully saturated rings. The molecule has 2 aliphatic heterocycles. The van der Waals surface area contributed by atoms with Gasteiger partial charge >= 0.3 is 11.6 Å². The number of aryl methyl sites for hydroxylation is 2. The first-order chi connectivity index (χ1) is 12.6. The van der Waals surface area contributed by atoms with Crippen molar-refractivity contribution in [1.82, 2.24) is 0 Å². The molecule has 6 nitrogen and oxygen atoms in total. The van der Waals surface area contributed by atoms with Crippen LogP contribution in [0.25, 0.3) is 16.7 Å². The molecule has 6 heteroatoms. The Bertz CT molecular complexity index is 1060. The number of hydrogen-bond donors (Lipinski definition) is 1. The number of fused-ring (bicyclic) bond motifs is 4. The maximum Gasteiger partial charge on any atom is 0.340 e. The van der Waals surface area contributed by atoms with Gasteiger partial charge in [0, 0.05) is 41.7 Å². The van der Waals surface area contributed by atoms with Crippen molar-refractivity contribution in [2.24, 2.45) is 0 Å². The van der Waals surface area contributed by atoms with Crippen LogP contribution in [0.3, 0.4) is 0 Å². The highest BCUT2D eigenvalue weighted by Gasteiger charge is 2.34. The minimum Gasteiger partial charge on any atom is -0.507 e. The highest BCUT2D eigenvalue weighted by atomic mass is 16.5. The van der Waals surface area contributed by atoms with Crippen LogP contribution in [0.2, 0.25) is 0 Å². The van der Waals surface area contributed by atoms with Gasteiger partial charge < -0.3 is 19.2 Å². The second kappa shape index (κ2) is 5.37. The molecular formula is C20H19NO5. The third kappa shape index (κ3) is 1.92. The van der Waals surface area contributed by atoms with Gasteiger partial charge in [0.05, 0.1) is 18.2 Å². The van der Waals surface area contributed by atoms with E-state index in [9.17, 15) is 14.7 Å². The molecule has 134 valence electrons. The van der Waals surface area contributed by atoms with Crippen LogP contribution in [0, 0.1) is 0 Å². The summed E-state index contributed by atoms with van der Waals surface area (Å²) in [6.45, 7) is 2.05. The molecule has 0 spiro atoms. The molecule has 2 aromatic rings. The topological polar surface area (TPSA) is 80.0 Å². The van der Waals surface area contributed by atoms with E-state index < -0.39 is 11.6 Å². The number of aliphatic hydroxyl groups excluding tert-OH is 1. The molecule has 26 heavy (non-hydrogen) atoms. The summed E-state index contributed by atoms with van der Waals surface area (Å²) in [5, 5.41) is 11.4. The molecule has 0 bridgehead atoms. The molecule has 0 radical (unpaired) electrons. The van der Waals surface area contributed by atoms with E-state index in [4.69, 9.17) is 9.15 Å². The molecule has 1 aliphatic carbocycles. The Morgan fingerprint density at radius 2 is 2.00 bits per heavy atom. The van der Waals surface area contributed by atoms with E-state index in [2.05, 4.69) is 4.90 Å².